The maximum atomic E-state index is 14.1. The van der Waals surface area contributed by atoms with Crippen molar-refractivity contribution in [2.45, 2.75) is 80.9 Å². The van der Waals surface area contributed by atoms with Crippen LogP contribution < -0.4 is 10.5 Å². The Morgan fingerprint density at radius 1 is 1.22 bits per heavy atom. The van der Waals surface area contributed by atoms with Crippen molar-refractivity contribution >= 4 is 20.8 Å². The van der Waals surface area contributed by atoms with Gasteiger partial charge in [0.05, 0.1) is 4.90 Å². The van der Waals surface area contributed by atoms with Crippen LogP contribution in [-0.4, -0.2) is 49.6 Å². The molecule has 1 aromatic heterocycles. The number of nitrogens with one attached hydrogen (secondary N) is 1. The molecule has 0 radical (unpaired) electrons. The van der Waals surface area contributed by atoms with Crippen LogP contribution in [0.15, 0.2) is 23.2 Å². The Balaban J connectivity index is 1.62. The first-order chi connectivity index (χ1) is 15.1. The molecule has 1 saturated carbocycles. The molecular weight excluding hydrogens is 427 g/mol. The van der Waals surface area contributed by atoms with E-state index in [9.17, 15) is 12.8 Å². The average Bonchev–Trinajstić information content (AvgIpc) is 3.50. The summed E-state index contributed by atoms with van der Waals surface area (Å²) < 4.78 is 43.4. The van der Waals surface area contributed by atoms with Gasteiger partial charge < -0.3 is 5.73 Å². The zero-order chi connectivity index (χ0) is 22.7. The van der Waals surface area contributed by atoms with Gasteiger partial charge in [0.2, 0.25) is 10.0 Å². The highest BCUT2D eigenvalue weighted by molar-refractivity contribution is 7.89. The van der Waals surface area contributed by atoms with Gasteiger partial charge in [-0.15, -0.1) is 0 Å². The van der Waals surface area contributed by atoms with Crippen LogP contribution in [0.3, 0.4) is 0 Å². The SMILES string of the molecule is CC(C)(F)CNS(=O)(=O)c1cc2c(c3cnc(C4CC4)cc13)CCC2N1CCC[C@@H](N)C1. The van der Waals surface area contributed by atoms with E-state index in [0.717, 1.165) is 68.3 Å². The highest BCUT2D eigenvalue weighted by Crippen LogP contribution is 2.45. The summed E-state index contributed by atoms with van der Waals surface area (Å²) in [6.45, 7) is 4.30. The molecule has 2 atom stereocenters. The summed E-state index contributed by atoms with van der Waals surface area (Å²) >= 11 is 0. The summed E-state index contributed by atoms with van der Waals surface area (Å²) in [7, 11) is -3.89. The van der Waals surface area contributed by atoms with E-state index in [1.807, 2.05) is 18.3 Å². The van der Waals surface area contributed by atoms with Crippen LogP contribution in [0.2, 0.25) is 0 Å². The quantitative estimate of drug-likeness (QED) is 0.688. The maximum Gasteiger partial charge on any atom is 0.241 e. The zero-order valence-electron chi connectivity index (χ0n) is 18.9. The number of alkyl halides is 1. The molecule has 0 amide bonds. The lowest BCUT2D eigenvalue weighted by Crippen LogP contribution is -2.44. The highest BCUT2D eigenvalue weighted by Gasteiger charge is 2.35. The Kier molecular flexibility index (Phi) is 5.55. The number of piperidine rings is 1. The molecular formula is C24H33FN4O2S. The number of hydrogen-bond donors (Lipinski definition) is 2. The lowest BCUT2D eigenvalue weighted by atomic mass is 9.98. The predicted octanol–water partition coefficient (Wildman–Crippen LogP) is 3.55. The minimum atomic E-state index is -3.89. The van der Waals surface area contributed by atoms with Gasteiger partial charge in [0.25, 0.3) is 0 Å². The van der Waals surface area contributed by atoms with Crippen LogP contribution >= 0.6 is 0 Å². The number of likely N-dealkylation sites (tertiary alicyclic amines) is 1. The lowest BCUT2D eigenvalue weighted by molar-refractivity contribution is 0.149. The number of pyridine rings is 1. The third-order valence-corrected chi connectivity index (χ3v) is 8.52. The average molecular weight is 461 g/mol. The Bertz CT molecular complexity index is 1140. The molecule has 0 bridgehead atoms. The highest BCUT2D eigenvalue weighted by atomic mass is 32.2. The summed E-state index contributed by atoms with van der Waals surface area (Å²) in [6, 6.07) is 4.12. The fourth-order valence-corrected chi connectivity index (χ4v) is 6.69. The van der Waals surface area contributed by atoms with Gasteiger partial charge in [-0.3, -0.25) is 9.88 Å². The van der Waals surface area contributed by atoms with Crippen molar-refractivity contribution in [3.63, 3.8) is 0 Å². The van der Waals surface area contributed by atoms with Crippen molar-refractivity contribution in [1.82, 2.24) is 14.6 Å². The van der Waals surface area contributed by atoms with E-state index >= 15 is 0 Å². The molecule has 2 heterocycles. The number of aromatic nitrogens is 1. The minimum Gasteiger partial charge on any atom is -0.327 e. The smallest absolute Gasteiger partial charge is 0.241 e. The van der Waals surface area contributed by atoms with Crippen LogP contribution in [0.1, 0.15) is 74.7 Å². The third kappa shape index (κ3) is 4.30. The second-order valence-corrected chi connectivity index (χ2v) is 12.1. The molecule has 32 heavy (non-hydrogen) atoms. The van der Waals surface area contributed by atoms with E-state index in [2.05, 4.69) is 9.62 Å². The molecule has 2 fully saturated rings. The standard InChI is InChI=1S/C24H33FN4O2S/c1-24(2,25)14-28-32(30,31)23-11-18-17(7-8-22(18)29-9-3-4-16(26)13-29)20-12-27-21(10-19(20)23)15-5-6-15/h10-12,15-16,22,28H,3-9,13-14,26H2,1-2H3/t16-,22?/m1/s1. The number of nitrogens with two attached hydrogens (primary N) is 1. The van der Waals surface area contributed by atoms with Gasteiger partial charge in [-0.05, 0) is 82.2 Å². The first-order valence-corrected chi connectivity index (χ1v) is 13.2. The largest absolute Gasteiger partial charge is 0.327 e. The second-order valence-electron chi connectivity index (χ2n) is 10.4. The number of nitrogens with zero attached hydrogens (tertiary/aromatic N) is 2. The van der Waals surface area contributed by atoms with Crippen molar-refractivity contribution in [3.8, 4) is 0 Å². The molecule has 6 nitrogen and oxygen atoms in total. The normalized spacial score (nSPS) is 24.8. The number of hydrogen-bond acceptors (Lipinski definition) is 5. The monoisotopic (exact) mass is 460 g/mol. The fourth-order valence-electron chi connectivity index (χ4n) is 5.26. The van der Waals surface area contributed by atoms with Gasteiger partial charge in [0.15, 0.2) is 0 Å². The van der Waals surface area contributed by atoms with Gasteiger partial charge >= 0.3 is 0 Å². The maximum absolute atomic E-state index is 14.1. The van der Waals surface area contributed by atoms with Crippen molar-refractivity contribution in [3.05, 3.63) is 35.2 Å². The number of aryl methyl sites for hydroxylation is 1. The first kappa shape index (κ1) is 22.2. The second kappa shape index (κ2) is 8.01. The summed E-state index contributed by atoms with van der Waals surface area (Å²) in [5, 5.41) is 1.62. The fraction of sp³-hybridized carbons (Fsp3) is 0.625. The van der Waals surface area contributed by atoms with Gasteiger partial charge in [-0.2, -0.15) is 0 Å². The van der Waals surface area contributed by atoms with E-state index in [1.54, 1.807) is 0 Å². The molecule has 2 aliphatic carbocycles. The van der Waals surface area contributed by atoms with E-state index in [0.29, 0.717) is 11.3 Å². The molecule has 174 valence electrons. The molecule has 1 aliphatic heterocycles. The molecule has 3 aliphatic rings. The summed E-state index contributed by atoms with van der Waals surface area (Å²) in [5.74, 6) is 0.420. The number of sulfonamides is 1. The van der Waals surface area contributed by atoms with Gasteiger partial charge in [-0.25, -0.2) is 17.5 Å². The van der Waals surface area contributed by atoms with Crippen LogP contribution in [0.25, 0.3) is 10.8 Å². The van der Waals surface area contributed by atoms with Crippen LogP contribution in [0, 0.1) is 0 Å². The van der Waals surface area contributed by atoms with Crippen molar-refractivity contribution in [2.24, 2.45) is 5.73 Å². The molecule has 3 N–H and O–H groups in total. The Morgan fingerprint density at radius 3 is 2.69 bits per heavy atom. The molecule has 5 rings (SSSR count). The Morgan fingerprint density at radius 2 is 2.00 bits per heavy atom. The van der Waals surface area contributed by atoms with Crippen molar-refractivity contribution in [2.75, 3.05) is 19.6 Å². The molecule has 0 spiro atoms. The van der Waals surface area contributed by atoms with Gasteiger partial charge in [0, 0.05) is 53.8 Å². The van der Waals surface area contributed by atoms with Crippen LogP contribution in [0.4, 0.5) is 4.39 Å². The summed E-state index contributed by atoms with van der Waals surface area (Å²) in [5.41, 5.74) is 7.82. The van der Waals surface area contributed by atoms with Gasteiger partial charge in [-0.1, -0.05) is 0 Å². The minimum absolute atomic E-state index is 0.160. The van der Waals surface area contributed by atoms with Crippen molar-refractivity contribution in [1.29, 1.82) is 0 Å². The third-order valence-electron chi connectivity index (χ3n) is 7.08. The Labute approximate surface area is 189 Å². The van der Waals surface area contributed by atoms with Crippen LogP contribution in [0.5, 0.6) is 0 Å². The Hall–Kier alpha value is -1.61. The zero-order valence-corrected chi connectivity index (χ0v) is 19.7. The van der Waals surface area contributed by atoms with Gasteiger partial charge in [0.1, 0.15) is 5.67 Å². The molecule has 8 heteroatoms. The van der Waals surface area contributed by atoms with Crippen LogP contribution in [-0.2, 0) is 16.4 Å². The molecule has 1 unspecified atom stereocenters. The molecule has 1 saturated heterocycles. The number of halogens is 1. The summed E-state index contributed by atoms with van der Waals surface area (Å²) in [4.78, 5) is 7.35. The number of rotatable bonds is 6. The van der Waals surface area contributed by atoms with E-state index in [-0.39, 0.29) is 23.5 Å². The molecule has 1 aromatic carbocycles. The first-order valence-electron chi connectivity index (χ1n) is 11.8. The number of benzene rings is 1. The number of fused-ring (bicyclic) bond motifs is 3. The van der Waals surface area contributed by atoms with E-state index in [1.165, 1.54) is 19.4 Å². The predicted molar refractivity (Wildman–Crippen MR) is 124 cm³/mol. The molecule has 2 aromatic rings. The van der Waals surface area contributed by atoms with E-state index in [4.69, 9.17) is 10.7 Å². The summed E-state index contributed by atoms with van der Waals surface area (Å²) in [6.07, 6.45) is 8.00. The topological polar surface area (TPSA) is 88.3 Å². The van der Waals surface area contributed by atoms with Crippen molar-refractivity contribution < 1.29 is 12.8 Å². The van der Waals surface area contributed by atoms with E-state index < -0.39 is 15.7 Å². The lowest BCUT2D eigenvalue weighted by Gasteiger charge is -2.36.